The molecule has 1 rings (SSSR count). The number of hydrogen-bond donors (Lipinski definition) is 0. The molecule has 0 saturated carbocycles. The third-order valence-electron chi connectivity index (χ3n) is 1.41. The van der Waals surface area contributed by atoms with Crippen molar-refractivity contribution in [2.24, 2.45) is 5.16 Å². The van der Waals surface area contributed by atoms with Crippen molar-refractivity contribution in [3.63, 3.8) is 0 Å². The van der Waals surface area contributed by atoms with Crippen LogP contribution < -0.4 is 0 Å². The van der Waals surface area contributed by atoms with Gasteiger partial charge in [-0.2, -0.15) is 0 Å². The van der Waals surface area contributed by atoms with E-state index in [1.54, 1.807) is 0 Å². The highest BCUT2D eigenvalue weighted by Crippen LogP contribution is 2.03. The van der Waals surface area contributed by atoms with Gasteiger partial charge in [0, 0.05) is 0 Å². The molecule has 0 saturated heterocycles. The Balaban J connectivity index is 2.46. The van der Waals surface area contributed by atoms with Crippen LogP contribution in [0, 0.1) is 0 Å². The van der Waals surface area contributed by atoms with E-state index < -0.39 is 5.97 Å². The van der Waals surface area contributed by atoms with Gasteiger partial charge in [0.1, 0.15) is 0 Å². The molecule has 0 radical (unpaired) electrons. The first-order chi connectivity index (χ1) is 6.68. The van der Waals surface area contributed by atoms with Crippen molar-refractivity contribution in [2.75, 3.05) is 0 Å². The molecule has 0 bridgehead atoms. The monoisotopic (exact) mass is 319 g/mol. The molecule has 0 fully saturated rings. The van der Waals surface area contributed by atoms with Crippen LogP contribution in [0.1, 0.15) is 5.56 Å². The van der Waals surface area contributed by atoms with Gasteiger partial charge in [-0.15, -0.1) is 0 Å². The molecule has 0 aliphatic rings. The van der Waals surface area contributed by atoms with Crippen LogP contribution in [0.25, 0.3) is 0 Å². The average Bonchev–Trinajstić information content (AvgIpc) is 2.16. The fraction of sp³-hybridized carbons (Fsp3) is 0.111. The number of oxime groups is 1. The molecular weight excluding hydrogens is 314 g/mol. The van der Waals surface area contributed by atoms with Crippen LogP contribution in [-0.2, 0) is 16.1 Å². The maximum absolute atomic E-state index is 11.1. The van der Waals surface area contributed by atoms with Gasteiger partial charge in [0.15, 0.2) is 3.53 Å². The molecule has 0 N–H and O–H groups in total. The summed E-state index contributed by atoms with van der Waals surface area (Å²) in [6.45, 7) is 0. The van der Waals surface area contributed by atoms with Gasteiger partial charge >= 0.3 is 5.97 Å². The summed E-state index contributed by atoms with van der Waals surface area (Å²) < 4.78 is 0.353. The molecule has 5 heteroatoms. The number of nitrogens with zero attached hydrogens (tertiary/aromatic N) is 1. The Morgan fingerprint density at radius 3 is 2.50 bits per heavy atom. The minimum atomic E-state index is -0.396. The van der Waals surface area contributed by atoms with Gasteiger partial charge in [-0.1, -0.05) is 35.5 Å². The number of hydrogen-bond acceptors (Lipinski definition) is 3. The van der Waals surface area contributed by atoms with Gasteiger partial charge in [-0.3, -0.25) is 0 Å². The predicted molar refractivity (Wildman–Crippen MR) is 61.5 cm³/mol. The zero-order chi connectivity index (χ0) is 10.4. The highest BCUT2D eigenvalue weighted by Gasteiger charge is 2.03. The van der Waals surface area contributed by atoms with Gasteiger partial charge < -0.3 is 4.84 Å². The second-order valence-electron chi connectivity index (χ2n) is 2.46. The van der Waals surface area contributed by atoms with E-state index >= 15 is 0 Å². The molecule has 0 atom stereocenters. The molecule has 3 nitrogen and oxygen atoms in total. The summed E-state index contributed by atoms with van der Waals surface area (Å²) in [5, 5.41) is 3.42. The molecule has 1 aromatic rings. The lowest BCUT2D eigenvalue weighted by atomic mass is 10.2. The van der Waals surface area contributed by atoms with Crippen molar-refractivity contribution in [2.45, 2.75) is 6.42 Å². The second kappa shape index (κ2) is 5.93. The SMILES string of the molecule is O=C(Cc1ccccc1)ON=C(Br)Br. The van der Waals surface area contributed by atoms with Crippen molar-refractivity contribution in [1.82, 2.24) is 0 Å². The molecular formula is C9H7Br2NO2. The summed E-state index contributed by atoms with van der Waals surface area (Å²) in [5.41, 5.74) is 0.901. The fourth-order valence-electron chi connectivity index (χ4n) is 0.880. The van der Waals surface area contributed by atoms with Crippen molar-refractivity contribution in [3.8, 4) is 0 Å². The lowest BCUT2D eigenvalue weighted by molar-refractivity contribution is -0.142. The van der Waals surface area contributed by atoms with Crippen molar-refractivity contribution < 1.29 is 9.63 Å². The molecule has 0 aliphatic carbocycles. The topological polar surface area (TPSA) is 38.7 Å². The van der Waals surface area contributed by atoms with Gasteiger partial charge in [0.25, 0.3) is 0 Å². The van der Waals surface area contributed by atoms with E-state index in [2.05, 4.69) is 41.9 Å². The Hall–Kier alpha value is -0.680. The zero-order valence-corrected chi connectivity index (χ0v) is 10.3. The van der Waals surface area contributed by atoms with Crippen molar-refractivity contribution in [3.05, 3.63) is 35.9 Å². The van der Waals surface area contributed by atoms with E-state index in [1.807, 2.05) is 30.3 Å². The fourth-order valence-corrected chi connectivity index (χ4v) is 1.02. The Morgan fingerprint density at radius 2 is 1.93 bits per heavy atom. The van der Waals surface area contributed by atoms with E-state index in [1.165, 1.54) is 0 Å². The van der Waals surface area contributed by atoms with Crippen LogP contribution in [0.3, 0.4) is 0 Å². The van der Waals surface area contributed by atoms with Gasteiger partial charge in [-0.05, 0) is 37.4 Å². The van der Waals surface area contributed by atoms with Crippen LogP contribution >= 0.6 is 31.9 Å². The number of halogens is 2. The first-order valence-corrected chi connectivity index (χ1v) is 5.40. The normalized spacial score (nSPS) is 9.29. The third kappa shape index (κ3) is 4.53. The smallest absolute Gasteiger partial charge is 0.316 e. The van der Waals surface area contributed by atoms with Crippen LogP contribution in [-0.4, -0.2) is 9.50 Å². The summed E-state index contributed by atoms with van der Waals surface area (Å²) in [6.07, 6.45) is 0.220. The first-order valence-electron chi connectivity index (χ1n) is 3.81. The minimum Gasteiger partial charge on any atom is -0.316 e. The summed E-state index contributed by atoms with van der Waals surface area (Å²) in [5.74, 6) is -0.396. The summed E-state index contributed by atoms with van der Waals surface area (Å²) in [6, 6.07) is 9.34. The first kappa shape index (κ1) is 11.4. The lowest BCUT2D eigenvalue weighted by Gasteiger charge is -1.97. The Kier molecular flexibility index (Phi) is 4.82. The Morgan fingerprint density at radius 1 is 1.29 bits per heavy atom. The summed E-state index contributed by atoms with van der Waals surface area (Å²) in [4.78, 5) is 15.7. The average molecular weight is 321 g/mol. The van der Waals surface area contributed by atoms with E-state index in [-0.39, 0.29) is 6.42 Å². The molecule has 0 heterocycles. The second-order valence-corrected chi connectivity index (χ2v) is 5.02. The van der Waals surface area contributed by atoms with Crippen molar-refractivity contribution >= 4 is 41.4 Å². The predicted octanol–water partition coefficient (Wildman–Crippen LogP) is 2.83. The van der Waals surface area contributed by atoms with Gasteiger partial charge in [0.2, 0.25) is 0 Å². The highest BCUT2D eigenvalue weighted by molar-refractivity contribution is 9.39. The van der Waals surface area contributed by atoms with E-state index in [0.29, 0.717) is 3.53 Å². The maximum Gasteiger partial charge on any atom is 0.339 e. The lowest BCUT2D eigenvalue weighted by Crippen LogP contribution is -2.04. The molecule has 0 unspecified atom stereocenters. The molecule has 1 aromatic carbocycles. The third-order valence-corrected chi connectivity index (χ3v) is 1.70. The Labute approximate surface area is 98.4 Å². The highest BCUT2D eigenvalue weighted by atomic mass is 79.9. The van der Waals surface area contributed by atoms with Crippen LogP contribution in [0.4, 0.5) is 0 Å². The van der Waals surface area contributed by atoms with Crippen LogP contribution in [0.5, 0.6) is 0 Å². The number of carbonyl (C=O) groups is 1. The molecule has 14 heavy (non-hydrogen) atoms. The summed E-state index contributed by atoms with van der Waals surface area (Å²) >= 11 is 5.96. The van der Waals surface area contributed by atoms with Crippen molar-refractivity contribution in [1.29, 1.82) is 0 Å². The van der Waals surface area contributed by atoms with E-state index in [9.17, 15) is 4.79 Å². The van der Waals surface area contributed by atoms with Crippen LogP contribution in [0.15, 0.2) is 35.5 Å². The molecule has 0 aromatic heterocycles. The summed E-state index contributed by atoms with van der Waals surface area (Å²) in [7, 11) is 0. The number of rotatable bonds is 3. The zero-order valence-electron chi connectivity index (χ0n) is 7.11. The molecule has 0 aliphatic heterocycles. The molecule has 74 valence electrons. The molecule has 0 spiro atoms. The van der Waals surface area contributed by atoms with Crippen LogP contribution in [0.2, 0.25) is 0 Å². The van der Waals surface area contributed by atoms with E-state index in [0.717, 1.165) is 5.56 Å². The minimum absolute atomic E-state index is 0.220. The van der Waals surface area contributed by atoms with Gasteiger partial charge in [0.05, 0.1) is 6.42 Å². The maximum atomic E-state index is 11.1. The number of benzene rings is 1. The Bertz CT molecular complexity index is 334. The van der Waals surface area contributed by atoms with Gasteiger partial charge in [-0.25, -0.2) is 4.79 Å². The standard InChI is InChI=1S/C9H7Br2NO2/c10-9(11)12-14-8(13)6-7-4-2-1-3-5-7/h1-5H,6H2. The molecule has 0 amide bonds. The number of carbonyl (C=O) groups excluding carboxylic acids is 1. The largest absolute Gasteiger partial charge is 0.339 e. The quantitative estimate of drug-likeness (QED) is 0.488. The van der Waals surface area contributed by atoms with E-state index in [4.69, 9.17) is 0 Å².